The Balaban J connectivity index is 1.56. The van der Waals surface area contributed by atoms with Gasteiger partial charge in [-0.2, -0.15) is 0 Å². The van der Waals surface area contributed by atoms with Gasteiger partial charge in [0.1, 0.15) is 5.69 Å². The molecule has 1 atom stereocenters. The van der Waals surface area contributed by atoms with Gasteiger partial charge < -0.3 is 25.1 Å². The van der Waals surface area contributed by atoms with Gasteiger partial charge in [0.2, 0.25) is 0 Å². The number of amides is 1. The Kier molecular flexibility index (Phi) is 4.75. The van der Waals surface area contributed by atoms with Crippen LogP contribution in [0.2, 0.25) is 0 Å². The molecule has 9 heteroatoms. The number of nitro groups is 1. The molecule has 4 N–H and O–H groups in total. The van der Waals surface area contributed by atoms with Crippen molar-refractivity contribution in [2.45, 2.75) is 13.2 Å². The van der Waals surface area contributed by atoms with E-state index in [1.807, 2.05) is 0 Å². The highest BCUT2D eigenvalue weighted by atomic mass is 16.6. The Morgan fingerprint density at radius 3 is 2.62 bits per heavy atom. The topological polar surface area (TPSA) is 133 Å². The normalized spacial score (nSPS) is 12.3. The number of carbonyl (C=O) groups excluding carboxylic acids is 1. The van der Waals surface area contributed by atoms with Gasteiger partial charge in [-0.3, -0.25) is 14.9 Å². The van der Waals surface area contributed by atoms with Gasteiger partial charge in [-0.15, -0.1) is 0 Å². The second-order valence-corrected chi connectivity index (χ2v) is 6.50. The van der Waals surface area contributed by atoms with Crippen LogP contribution in [0, 0.1) is 10.1 Å². The van der Waals surface area contributed by atoms with Gasteiger partial charge in [-0.25, -0.2) is 0 Å². The number of benzene rings is 2. The lowest BCUT2D eigenvalue weighted by atomic mass is 10.2. The number of aromatic nitrogens is 2. The van der Waals surface area contributed by atoms with E-state index in [0.717, 1.165) is 10.9 Å². The largest absolute Gasteiger partial charge is 0.363 e. The van der Waals surface area contributed by atoms with Crippen LogP contribution >= 0.6 is 0 Å². The molecule has 0 saturated carbocycles. The summed E-state index contributed by atoms with van der Waals surface area (Å²) in [6.07, 6.45) is -1.04. The van der Waals surface area contributed by atoms with Crippen molar-refractivity contribution in [3.05, 3.63) is 70.0 Å². The molecule has 0 aliphatic carbocycles. The van der Waals surface area contributed by atoms with Crippen molar-refractivity contribution in [1.29, 1.82) is 0 Å². The molecular formula is C20H18N4O5. The van der Waals surface area contributed by atoms with Crippen LogP contribution in [0.3, 0.4) is 0 Å². The van der Waals surface area contributed by atoms with Crippen molar-refractivity contribution in [1.82, 2.24) is 9.97 Å². The number of anilines is 1. The summed E-state index contributed by atoms with van der Waals surface area (Å²) < 4.78 is 5.17. The third kappa shape index (κ3) is 3.68. The fraction of sp³-hybridized carbons (Fsp3) is 0.150. The number of non-ortho nitro benzene ring substituents is 1. The molecule has 4 rings (SSSR count). The van der Waals surface area contributed by atoms with Crippen molar-refractivity contribution < 1.29 is 19.6 Å². The third-order valence-electron chi connectivity index (χ3n) is 4.55. The predicted molar refractivity (Wildman–Crippen MR) is 108 cm³/mol. The Morgan fingerprint density at radius 1 is 1.14 bits per heavy atom. The van der Waals surface area contributed by atoms with Gasteiger partial charge in [0, 0.05) is 46.2 Å². The van der Waals surface area contributed by atoms with Gasteiger partial charge in [0.05, 0.1) is 10.6 Å². The van der Waals surface area contributed by atoms with Gasteiger partial charge >= 0.3 is 0 Å². The summed E-state index contributed by atoms with van der Waals surface area (Å²) in [5.41, 5.74) is 2.80. The first-order chi connectivity index (χ1) is 13.9. The Labute approximate surface area is 164 Å². The summed E-state index contributed by atoms with van der Waals surface area (Å²) in [5, 5.41) is 25.0. The van der Waals surface area contributed by atoms with Crippen LogP contribution in [0.4, 0.5) is 11.4 Å². The SMILES string of the molecule is CCO[C@H](O)c1cc2cc(NC(=O)c3cc4cc([N+](=O)[O-])ccc4[nH]3)ccc2[nH]1. The predicted octanol–water partition coefficient (Wildman–Crippen LogP) is 3.84. The summed E-state index contributed by atoms with van der Waals surface area (Å²) in [5.74, 6) is -0.367. The van der Waals surface area contributed by atoms with E-state index < -0.39 is 11.2 Å². The molecule has 29 heavy (non-hydrogen) atoms. The molecule has 0 saturated heterocycles. The average Bonchev–Trinajstić information content (AvgIpc) is 3.31. The molecule has 1 amide bonds. The fourth-order valence-electron chi connectivity index (χ4n) is 3.17. The molecule has 0 aliphatic heterocycles. The van der Waals surface area contributed by atoms with Crippen LogP contribution in [0.1, 0.15) is 29.4 Å². The molecule has 0 aliphatic rings. The van der Waals surface area contributed by atoms with E-state index in [4.69, 9.17) is 4.74 Å². The molecule has 0 unspecified atom stereocenters. The average molecular weight is 394 g/mol. The molecule has 0 spiro atoms. The molecule has 0 bridgehead atoms. The van der Waals surface area contributed by atoms with E-state index in [0.29, 0.717) is 34.6 Å². The van der Waals surface area contributed by atoms with E-state index in [-0.39, 0.29) is 11.6 Å². The molecule has 2 heterocycles. The van der Waals surface area contributed by atoms with Crippen molar-refractivity contribution >= 4 is 39.1 Å². The maximum Gasteiger partial charge on any atom is 0.272 e. The van der Waals surface area contributed by atoms with Crippen LogP contribution in [0.15, 0.2) is 48.5 Å². The number of rotatable bonds is 6. The van der Waals surface area contributed by atoms with Gasteiger partial charge in [-0.1, -0.05) is 0 Å². The summed E-state index contributed by atoms with van der Waals surface area (Å²) in [4.78, 5) is 29.1. The third-order valence-corrected chi connectivity index (χ3v) is 4.55. The highest BCUT2D eigenvalue weighted by molar-refractivity contribution is 6.06. The minimum Gasteiger partial charge on any atom is -0.363 e. The van der Waals surface area contributed by atoms with Gasteiger partial charge in [-0.05, 0) is 43.3 Å². The molecule has 0 fully saturated rings. The van der Waals surface area contributed by atoms with Crippen molar-refractivity contribution in [2.75, 3.05) is 11.9 Å². The lowest BCUT2D eigenvalue weighted by molar-refractivity contribution is -0.384. The van der Waals surface area contributed by atoms with E-state index in [1.54, 1.807) is 43.3 Å². The van der Waals surface area contributed by atoms with Crippen molar-refractivity contribution in [3.8, 4) is 0 Å². The highest BCUT2D eigenvalue weighted by Gasteiger charge is 2.14. The maximum absolute atomic E-state index is 12.6. The van der Waals surface area contributed by atoms with E-state index in [9.17, 15) is 20.0 Å². The number of carbonyl (C=O) groups is 1. The summed E-state index contributed by atoms with van der Waals surface area (Å²) in [6.45, 7) is 2.17. The first kappa shape index (κ1) is 18.7. The monoisotopic (exact) mass is 394 g/mol. The molecule has 4 aromatic rings. The molecule has 0 radical (unpaired) electrons. The number of aliphatic hydroxyl groups is 1. The molecule has 148 valence electrons. The molecular weight excluding hydrogens is 376 g/mol. The number of aliphatic hydroxyl groups excluding tert-OH is 1. The van der Waals surface area contributed by atoms with Crippen molar-refractivity contribution in [3.63, 3.8) is 0 Å². The lowest BCUT2D eigenvalue weighted by Crippen LogP contribution is -2.11. The number of hydrogen-bond acceptors (Lipinski definition) is 5. The molecule has 9 nitrogen and oxygen atoms in total. The maximum atomic E-state index is 12.6. The number of nitrogens with one attached hydrogen (secondary N) is 3. The zero-order chi connectivity index (χ0) is 20.5. The van der Waals surface area contributed by atoms with Crippen molar-refractivity contribution in [2.24, 2.45) is 0 Å². The Bertz CT molecular complexity index is 1230. The van der Waals surface area contributed by atoms with E-state index in [1.165, 1.54) is 12.1 Å². The number of nitrogens with zero attached hydrogens (tertiary/aromatic N) is 1. The minimum absolute atomic E-state index is 0.0357. The standard InChI is InChI=1S/C20H18N4O5/c1-2-29-20(26)18-10-11-7-13(3-5-15(11)23-18)21-19(25)17-9-12-8-14(24(27)28)4-6-16(12)22-17/h3-10,20,22-23,26H,2H2,1H3,(H,21,25)/t20-/m0/s1. The number of fused-ring (bicyclic) bond motifs is 2. The van der Waals surface area contributed by atoms with Crippen LogP contribution in [-0.2, 0) is 4.74 Å². The highest BCUT2D eigenvalue weighted by Crippen LogP contribution is 2.25. The zero-order valence-corrected chi connectivity index (χ0v) is 15.4. The summed E-state index contributed by atoms with van der Waals surface area (Å²) in [6, 6.07) is 13.0. The Morgan fingerprint density at radius 2 is 1.86 bits per heavy atom. The molecule has 2 aromatic carbocycles. The van der Waals surface area contributed by atoms with E-state index in [2.05, 4.69) is 15.3 Å². The number of hydrogen-bond donors (Lipinski definition) is 4. The first-order valence-electron chi connectivity index (χ1n) is 8.95. The number of ether oxygens (including phenoxy) is 1. The second-order valence-electron chi connectivity index (χ2n) is 6.50. The van der Waals surface area contributed by atoms with E-state index >= 15 is 0 Å². The zero-order valence-electron chi connectivity index (χ0n) is 15.4. The van der Waals surface area contributed by atoms with Crippen LogP contribution in [-0.4, -0.2) is 32.5 Å². The van der Waals surface area contributed by atoms with Gasteiger partial charge in [0.15, 0.2) is 6.29 Å². The molecule has 2 aromatic heterocycles. The minimum atomic E-state index is -1.04. The second kappa shape index (κ2) is 7.38. The lowest BCUT2D eigenvalue weighted by Gasteiger charge is -2.07. The van der Waals surface area contributed by atoms with Crippen LogP contribution in [0.25, 0.3) is 21.8 Å². The summed E-state index contributed by atoms with van der Waals surface area (Å²) >= 11 is 0. The van der Waals surface area contributed by atoms with Crippen LogP contribution in [0.5, 0.6) is 0 Å². The smallest absolute Gasteiger partial charge is 0.272 e. The first-order valence-corrected chi connectivity index (χ1v) is 8.95. The quantitative estimate of drug-likeness (QED) is 0.224. The number of aromatic amines is 2. The van der Waals surface area contributed by atoms with Crippen LogP contribution < -0.4 is 5.32 Å². The fourth-order valence-corrected chi connectivity index (χ4v) is 3.17. The number of H-pyrrole nitrogens is 2. The van der Waals surface area contributed by atoms with Gasteiger partial charge in [0.25, 0.3) is 11.6 Å². The summed E-state index contributed by atoms with van der Waals surface area (Å²) in [7, 11) is 0. The Hall–Kier alpha value is -3.69. The number of nitro benzene ring substituents is 1.